The van der Waals surface area contributed by atoms with E-state index < -0.39 is 0 Å². The van der Waals surface area contributed by atoms with Crippen LogP contribution >= 0.6 is 0 Å². The van der Waals surface area contributed by atoms with Gasteiger partial charge in [0.2, 0.25) is 0 Å². The highest BCUT2D eigenvalue weighted by atomic mass is 15.0. The van der Waals surface area contributed by atoms with Gasteiger partial charge in [-0.1, -0.05) is 38.1 Å². The summed E-state index contributed by atoms with van der Waals surface area (Å²) < 4.78 is 0. The van der Waals surface area contributed by atoms with Gasteiger partial charge in [-0.2, -0.15) is 0 Å². The summed E-state index contributed by atoms with van der Waals surface area (Å²) in [5, 5.41) is 3.75. The van der Waals surface area contributed by atoms with Crippen LogP contribution in [0.15, 0.2) is 24.3 Å². The molecule has 96 valence electrons. The molecule has 18 heavy (non-hydrogen) atoms. The van der Waals surface area contributed by atoms with Crippen LogP contribution in [0.3, 0.4) is 0 Å². The summed E-state index contributed by atoms with van der Waals surface area (Å²) >= 11 is 0. The highest BCUT2D eigenvalue weighted by Crippen LogP contribution is 2.73. The lowest BCUT2D eigenvalue weighted by Gasteiger charge is -2.11. The first-order valence-corrected chi connectivity index (χ1v) is 7.44. The first kappa shape index (κ1) is 11.0. The second kappa shape index (κ2) is 3.39. The molecule has 0 amide bonds. The molecular formula is C17H23N. The lowest BCUT2D eigenvalue weighted by atomic mass is 9.93. The lowest BCUT2D eigenvalue weighted by molar-refractivity contribution is 0.399. The third-order valence-electron chi connectivity index (χ3n) is 6.06. The SMILES string of the molecule is CC1(C)C(CNC2CC2)C12Cc1ccccc1C2. The van der Waals surface area contributed by atoms with E-state index in [4.69, 9.17) is 0 Å². The zero-order valence-electron chi connectivity index (χ0n) is 11.5. The van der Waals surface area contributed by atoms with Gasteiger partial charge in [0, 0.05) is 6.04 Å². The van der Waals surface area contributed by atoms with Crippen LogP contribution in [-0.2, 0) is 12.8 Å². The lowest BCUT2D eigenvalue weighted by Crippen LogP contribution is -2.22. The van der Waals surface area contributed by atoms with E-state index in [2.05, 4.69) is 43.4 Å². The van der Waals surface area contributed by atoms with Crippen LogP contribution in [0.4, 0.5) is 0 Å². The zero-order chi connectivity index (χ0) is 12.4. The van der Waals surface area contributed by atoms with Crippen molar-refractivity contribution < 1.29 is 0 Å². The van der Waals surface area contributed by atoms with E-state index in [1.807, 2.05) is 0 Å². The van der Waals surface area contributed by atoms with Crippen LogP contribution in [0.25, 0.3) is 0 Å². The quantitative estimate of drug-likeness (QED) is 0.857. The molecule has 4 rings (SSSR count). The predicted molar refractivity (Wildman–Crippen MR) is 74.6 cm³/mol. The molecule has 2 saturated carbocycles. The average molecular weight is 241 g/mol. The summed E-state index contributed by atoms with van der Waals surface area (Å²) in [6.07, 6.45) is 5.43. The number of hydrogen-bond acceptors (Lipinski definition) is 1. The zero-order valence-corrected chi connectivity index (χ0v) is 11.5. The Hall–Kier alpha value is -0.820. The third kappa shape index (κ3) is 1.37. The van der Waals surface area contributed by atoms with E-state index in [0.29, 0.717) is 10.8 Å². The van der Waals surface area contributed by atoms with Crippen molar-refractivity contribution in [2.24, 2.45) is 16.7 Å². The van der Waals surface area contributed by atoms with E-state index in [-0.39, 0.29) is 0 Å². The van der Waals surface area contributed by atoms with Crippen LogP contribution in [0.5, 0.6) is 0 Å². The summed E-state index contributed by atoms with van der Waals surface area (Å²) in [5.41, 5.74) is 4.31. The molecule has 1 spiro atoms. The van der Waals surface area contributed by atoms with Gasteiger partial charge in [-0.15, -0.1) is 0 Å². The summed E-state index contributed by atoms with van der Waals surface area (Å²) in [6, 6.07) is 9.92. The Labute approximate surface area is 110 Å². The second-order valence-corrected chi connectivity index (χ2v) is 7.24. The summed E-state index contributed by atoms with van der Waals surface area (Å²) in [5.74, 6) is 0.873. The van der Waals surface area contributed by atoms with Crippen molar-refractivity contribution in [3.05, 3.63) is 35.4 Å². The Morgan fingerprint density at radius 2 is 1.72 bits per heavy atom. The molecule has 0 aromatic heterocycles. The Morgan fingerprint density at radius 3 is 2.28 bits per heavy atom. The Morgan fingerprint density at radius 1 is 1.11 bits per heavy atom. The van der Waals surface area contributed by atoms with Crippen molar-refractivity contribution in [2.45, 2.75) is 45.6 Å². The molecule has 1 N–H and O–H groups in total. The van der Waals surface area contributed by atoms with Crippen LogP contribution in [0.2, 0.25) is 0 Å². The fourth-order valence-corrected chi connectivity index (χ4v) is 4.43. The second-order valence-electron chi connectivity index (χ2n) is 7.24. The average Bonchev–Trinajstić information content (AvgIpc) is 3.16. The minimum atomic E-state index is 0.522. The largest absolute Gasteiger partial charge is 0.314 e. The highest BCUT2D eigenvalue weighted by molar-refractivity contribution is 5.40. The van der Waals surface area contributed by atoms with E-state index in [9.17, 15) is 0 Å². The number of nitrogens with one attached hydrogen (secondary N) is 1. The van der Waals surface area contributed by atoms with Gasteiger partial charge in [0.15, 0.2) is 0 Å². The third-order valence-corrected chi connectivity index (χ3v) is 6.06. The van der Waals surface area contributed by atoms with Gasteiger partial charge >= 0.3 is 0 Å². The molecule has 3 aliphatic rings. The van der Waals surface area contributed by atoms with Crippen LogP contribution in [-0.4, -0.2) is 12.6 Å². The number of hydrogen-bond donors (Lipinski definition) is 1. The normalized spacial score (nSPS) is 30.4. The molecule has 0 bridgehead atoms. The van der Waals surface area contributed by atoms with Crippen LogP contribution in [0, 0.1) is 16.7 Å². The van der Waals surface area contributed by atoms with E-state index >= 15 is 0 Å². The minimum Gasteiger partial charge on any atom is -0.314 e. The fourth-order valence-electron chi connectivity index (χ4n) is 4.43. The standard InChI is InChI=1S/C17H23N/c1-16(2)15(11-18-14-7-8-14)17(16)9-12-5-3-4-6-13(12)10-17/h3-6,14-15,18H,7-11H2,1-2H3. The maximum absolute atomic E-state index is 3.75. The molecule has 1 nitrogen and oxygen atoms in total. The minimum absolute atomic E-state index is 0.522. The topological polar surface area (TPSA) is 12.0 Å². The fraction of sp³-hybridized carbons (Fsp3) is 0.647. The van der Waals surface area contributed by atoms with Gasteiger partial charge in [0.25, 0.3) is 0 Å². The van der Waals surface area contributed by atoms with Crippen molar-refractivity contribution >= 4 is 0 Å². The van der Waals surface area contributed by atoms with Crippen LogP contribution in [0.1, 0.15) is 37.8 Å². The summed E-state index contributed by atoms with van der Waals surface area (Å²) in [4.78, 5) is 0. The molecular weight excluding hydrogens is 218 g/mol. The highest BCUT2D eigenvalue weighted by Gasteiger charge is 2.71. The van der Waals surface area contributed by atoms with Crippen LogP contribution < -0.4 is 5.32 Å². The summed E-state index contributed by atoms with van der Waals surface area (Å²) in [7, 11) is 0. The molecule has 1 aromatic carbocycles. The molecule has 0 aliphatic heterocycles. The van der Waals surface area contributed by atoms with Gasteiger partial charge in [0.05, 0.1) is 0 Å². The molecule has 0 saturated heterocycles. The van der Waals surface area contributed by atoms with Gasteiger partial charge in [-0.3, -0.25) is 0 Å². The van der Waals surface area contributed by atoms with Gasteiger partial charge in [-0.25, -0.2) is 0 Å². The Balaban J connectivity index is 1.55. The maximum Gasteiger partial charge on any atom is 0.00683 e. The van der Waals surface area contributed by atoms with Crippen molar-refractivity contribution in [2.75, 3.05) is 6.54 Å². The van der Waals surface area contributed by atoms with Gasteiger partial charge in [0.1, 0.15) is 0 Å². The molecule has 0 heterocycles. The van der Waals surface area contributed by atoms with Gasteiger partial charge < -0.3 is 5.32 Å². The monoisotopic (exact) mass is 241 g/mol. The molecule has 1 unspecified atom stereocenters. The van der Waals surface area contributed by atoms with Crippen molar-refractivity contribution in [1.82, 2.24) is 5.32 Å². The first-order valence-electron chi connectivity index (χ1n) is 7.44. The molecule has 3 aliphatic carbocycles. The summed E-state index contributed by atoms with van der Waals surface area (Å²) in [6.45, 7) is 6.21. The Bertz CT molecular complexity index is 459. The first-order chi connectivity index (χ1) is 8.63. The van der Waals surface area contributed by atoms with E-state index in [1.165, 1.54) is 32.2 Å². The number of rotatable bonds is 3. The molecule has 0 radical (unpaired) electrons. The number of benzene rings is 1. The van der Waals surface area contributed by atoms with E-state index in [1.54, 1.807) is 11.1 Å². The molecule has 1 heteroatoms. The predicted octanol–water partition coefficient (Wildman–Crippen LogP) is 3.18. The van der Waals surface area contributed by atoms with Crippen molar-refractivity contribution in [3.8, 4) is 0 Å². The van der Waals surface area contributed by atoms with Crippen molar-refractivity contribution in [1.29, 1.82) is 0 Å². The van der Waals surface area contributed by atoms with Gasteiger partial charge in [-0.05, 0) is 60.1 Å². The maximum atomic E-state index is 3.75. The molecule has 2 fully saturated rings. The number of fused-ring (bicyclic) bond motifs is 1. The molecule has 1 atom stereocenters. The Kier molecular flexibility index (Phi) is 2.08. The molecule has 1 aromatic rings. The van der Waals surface area contributed by atoms with Crippen molar-refractivity contribution in [3.63, 3.8) is 0 Å². The smallest absolute Gasteiger partial charge is 0.00683 e. The van der Waals surface area contributed by atoms with E-state index in [0.717, 1.165) is 12.0 Å².